The van der Waals surface area contributed by atoms with Crippen LogP contribution < -0.4 is 11.1 Å². The van der Waals surface area contributed by atoms with Crippen molar-refractivity contribution in [3.8, 4) is 5.75 Å². The van der Waals surface area contributed by atoms with E-state index in [1.807, 2.05) is 0 Å². The molecule has 3 fully saturated rings. The third-order valence-electron chi connectivity index (χ3n) is 8.18. The number of aromatic hydroxyl groups is 1. The number of rotatable bonds is 3. The molecule has 1 amide bonds. The lowest BCUT2D eigenvalue weighted by atomic mass is 9.49. The van der Waals surface area contributed by atoms with Crippen LogP contribution in [0.25, 0.3) is 0 Å². The van der Waals surface area contributed by atoms with Gasteiger partial charge in [0.15, 0.2) is 0 Å². The summed E-state index contributed by atoms with van der Waals surface area (Å²) >= 11 is 0. The fraction of sp³-hybridized carbons (Fsp3) is 0.682. The molecule has 2 bridgehead atoms. The molecular weight excluding hydrogens is 356 g/mol. The van der Waals surface area contributed by atoms with Crippen molar-refractivity contribution < 1.29 is 20.1 Å². The maximum atomic E-state index is 12.1. The van der Waals surface area contributed by atoms with Crippen LogP contribution in [0.1, 0.15) is 72.0 Å². The van der Waals surface area contributed by atoms with E-state index in [0.717, 1.165) is 24.1 Å². The third-order valence-corrected chi connectivity index (χ3v) is 8.18. The zero-order valence-corrected chi connectivity index (χ0v) is 16.2. The first-order valence-electron chi connectivity index (χ1n) is 10.7. The summed E-state index contributed by atoms with van der Waals surface area (Å²) in [6.45, 7) is 0.720. The van der Waals surface area contributed by atoms with Crippen LogP contribution in [0.15, 0.2) is 6.07 Å². The molecule has 0 aromatic heterocycles. The molecule has 4 aliphatic rings. The van der Waals surface area contributed by atoms with Crippen molar-refractivity contribution in [1.82, 2.24) is 5.32 Å². The molecule has 5 rings (SSSR count). The molecule has 152 valence electrons. The van der Waals surface area contributed by atoms with Gasteiger partial charge < -0.3 is 26.4 Å². The Bertz CT molecular complexity index is 836. The lowest BCUT2D eigenvalue weighted by Gasteiger charge is -2.62. The Hall–Kier alpha value is -1.63. The molecule has 4 atom stereocenters. The minimum absolute atomic E-state index is 0.0762. The van der Waals surface area contributed by atoms with E-state index in [1.54, 1.807) is 6.07 Å². The molecular formula is C22H30N2O4. The number of aliphatic hydroxyl groups is 2. The number of primary amides is 1. The fourth-order valence-corrected chi connectivity index (χ4v) is 6.54. The number of amides is 1. The lowest BCUT2D eigenvalue weighted by molar-refractivity contribution is -0.146. The van der Waals surface area contributed by atoms with Gasteiger partial charge >= 0.3 is 0 Å². The minimum Gasteiger partial charge on any atom is -0.507 e. The smallest absolute Gasteiger partial charge is 0.252 e. The highest BCUT2D eigenvalue weighted by Gasteiger charge is 2.64. The predicted octanol–water partition coefficient (Wildman–Crippen LogP) is 1.27. The second-order valence-corrected chi connectivity index (χ2v) is 9.51. The molecule has 3 aliphatic carbocycles. The zero-order valence-electron chi connectivity index (χ0n) is 16.2. The van der Waals surface area contributed by atoms with E-state index in [9.17, 15) is 20.1 Å². The van der Waals surface area contributed by atoms with Crippen LogP contribution in [0.3, 0.4) is 0 Å². The minimum atomic E-state index is -1.03. The largest absolute Gasteiger partial charge is 0.507 e. The summed E-state index contributed by atoms with van der Waals surface area (Å²) in [6.07, 6.45) is 6.71. The van der Waals surface area contributed by atoms with E-state index in [0.29, 0.717) is 43.6 Å². The Balaban J connectivity index is 1.75. The summed E-state index contributed by atoms with van der Waals surface area (Å²) in [7, 11) is 0. The lowest BCUT2D eigenvalue weighted by Crippen LogP contribution is -2.73. The first kappa shape index (κ1) is 18.4. The number of carbonyl (C=O) groups is 1. The molecule has 0 spiro atoms. The van der Waals surface area contributed by atoms with Gasteiger partial charge in [0.2, 0.25) is 0 Å². The van der Waals surface area contributed by atoms with Crippen molar-refractivity contribution in [1.29, 1.82) is 0 Å². The topological polar surface area (TPSA) is 116 Å². The highest BCUT2D eigenvalue weighted by atomic mass is 16.3. The van der Waals surface area contributed by atoms with Gasteiger partial charge in [0.1, 0.15) is 5.75 Å². The number of benzene rings is 1. The Labute approximate surface area is 165 Å². The molecule has 1 saturated heterocycles. The molecule has 1 heterocycles. The molecule has 1 aliphatic heterocycles. The predicted molar refractivity (Wildman–Crippen MR) is 104 cm³/mol. The average molecular weight is 386 g/mol. The number of aliphatic hydroxyl groups excluding tert-OH is 1. The first-order valence-corrected chi connectivity index (χ1v) is 10.7. The number of nitrogens with two attached hydrogens (primary N) is 1. The summed E-state index contributed by atoms with van der Waals surface area (Å²) in [6, 6.07) is 1.69. The van der Waals surface area contributed by atoms with Gasteiger partial charge in [0.05, 0.1) is 17.3 Å². The molecule has 28 heavy (non-hydrogen) atoms. The van der Waals surface area contributed by atoms with Crippen LogP contribution in [0.4, 0.5) is 0 Å². The van der Waals surface area contributed by atoms with Crippen molar-refractivity contribution in [2.45, 2.75) is 80.9 Å². The number of piperidine rings is 1. The number of nitrogens with one attached hydrogen (secondary N) is 1. The van der Waals surface area contributed by atoms with E-state index in [-0.39, 0.29) is 17.4 Å². The van der Waals surface area contributed by atoms with Crippen LogP contribution in [0.5, 0.6) is 5.75 Å². The van der Waals surface area contributed by atoms with Gasteiger partial charge in [-0.1, -0.05) is 19.3 Å². The summed E-state index contributed by atoms with van der Waals surface area (Å²) in [5.74, 6) is -0.104. The summed E-state index contributed by atoms with van der Waals surface area (Å²) in [4.78, 5) is 12.1. The summed E-state index contributed by atoms with van der Waals surface area (Å²) in [5, 5.41) is 37.0. The Kier molecular flexibility index (Phi) is 4.06. The van der Waals surface area contributed by atoms with Crippen LogP contribution >= 0.6 is 0 Å². The Morgan fingerprint density at radius 2 is 2.07 bits per heavy atom. The summed E-state index contributed by atoms with van der Waals surface area (Å²) in [5.41, 5.74) is 6.85. The van der Waals surface area contributed by atoms with Gasteiger partial charge in [0, 0.05) is 17.0 Å². The van der Waals surface area contributed by atoms with Crippen molar-refractivity contribution in [2.24, 2.45) is 11.7 Å². The monoisotopic (exact) mass is 386 g/mol. The quantitative estimate of drug-likeness (QED) is 0.536. The van der Waals surface area contributed by atoms with Crippen molar-refractivity contribution >= 4 is 5.91 Å². The van der Waals surface area contributed by atoms with Gasteiger partial charge in [-0.2, -0.15) is 0 Å². The maximum absolute atomic E-state index is 12.1. The van der Waals surface area contributed by atoms with E-state index in [2.05, 4.69) is 5.32 Å². The second-order valence-electron chi connectivity index (χ2n) is 9.51. The van der Waals surface area contributed by atoms with Gasteiger partial charge in [-0.15, -0.1) is 0 Å². The number of fused-ring (bicyclic) bond motifs is 1. The van der Waals surface area contributed by atoms with E-state index in [4.69, 9.17) is 5.73 Å². The SMILES string of the molecule is NC(=O)c1cc(CC2CCC2)c2c(c1O)[C@]13CCN[C@H](C2)[C@]1(O)CC[C@@H](O)C3. The van der Waals surface area contributed by atoms with E-state index >= 15 is 0 Å². The van der Waals surface area contributed by atoms with Crippen LogP contribution in [0.2, 0.25) is 0 Å². The molecule has 6 heteroatoms. The van der Waals surface area contributed by atoms with Gasteiger partial charge in [-0.25, -0.2) is 0 Å². The molecule has 2 saturated carbocycles. The van der Waals surface area contributed by atoms with Crippen molar-refractivity contribution in [3.63, 3.8) is 0 Å². The fourth-order valence-electron chi connectivity index (χ4n) is 6.54. The second kappa shape index (κ2) is 6.18. The molecule has 6 N–H and O–H groups in total. The standard InChI is InChI=1S/C22H30N2O4/c23-20(27)16-9-13(8-12-2-1-3-12)15-10-17-22(28)5-4-14(25)11-21(22,6-7-24-17)18(15)19(16)26/h9,12,14,17,24-26,28H,1-8,10-11H2,(H2,23,27)/t14-,17-,21-,22-/m1/s1. The van der Waals surface area contributed by atoms with Crippen molar-refractivity contribution in [2.75, 3.05) is 6.54 Å². The normalized spacial score (nSPS) is 36.9. The van der Waals surface area contributed by atoms with Crippen LogP contribution in [-0.2, 0) is 18.3 Å². The van der Waals surface area contributed by atoms with Gasteiger partial charge in [-0.05, 0) is 68.2 Å². The zero-order chi connectivity index (χ0) is 19.7. The average Bonchev–Trinajstić information content (AvgIpc) is 2.59. The van der Waals surface area contributed by atoms with E-state index < -0.39 is 23.0 Å². The highest BCUT2D eigenvalue weighted by molar-refractivity contribution is 5.96. The number of hydrogen-bond acceptors (Lipinski definition) is 5. The molecule has 0 unspecified atom stereocenters. The number of phenols is 1. The van der Waals surface area contributed by atoms with Crippen LogP contribution in [-0.4, -0.2) is 45.5 Å². The van der Waals surface area contributed by atoms with Crippen molar-refractivity contribution in [3.05, 3.63) is 28.3 Å². The summed E-state index contributed by atoms with van der Waals surface area (Å²) < 4.78 is 0. The Morgan fingerprint density at radius 1 is 1.29 bits per heavy atom. The Morgan fingerprint density at radius 3 is 2.75 bits per heavy atom. The third kappa shape index (κ3) is 2.34. The molecule has 1 aromatic rings. The number of carbonyl (C=O) groups excluding carboxylic acids is 1. The number of hydrogen-bond donors (Lipinski definition) is 5. The maximum Gasteiger partial charge on any atom is 0.252 e. The highest BCUT2D eigenvalue weighted by Crippen LogP contribution is 2.59. The van der Waals surface area contributed by atoms with Gasteiger partial charge in [-0.3, -0.25) is 4.79 Å². The molecule has 1 aromatic carbocycles. The first-order chi connectivity index (χ1) is 13.4. The van der Waals surface area contributed by atoms with Gasteiger partial charge in [0.25, 0.3) is 5.91 Å². The van der Waals surface area contributed by atoms with Crippen LogP contribution in [0, 0.1) is 5.92 Å². The molecule has 0 radical (unpaired) electrons. The van der Waals surface area contributed by atoms with E-state index in [1.165, 1.54) is 19.3 Å². The molecule has 6 nitrogen and oxygen atoms in total.